The molecule has 0 saturated carbocycles. The second-order valence-corrected chi connectivity index (χ2v) is 7.37. The fourth-order valence-electron chi connectivity index (χ4n) is 2.81. The molecule has 3 aromatic rings. The Bertz CT molecular complexity index is 1070. The fraction of sp³-hybridized carbons (Fsp3) is 0.143. The Hall–Kier alpha value is -1.94. The molecule has 0 atom stereocenters. The van der Waals surface area contributed by atoms with Gasteiger partial charge in [-0.2, -0.15) is 19.8 Å². The summed E-state index contributed by atoms with van der Waals surface area (Å²) in [5, 5.41) is 8.05. The van der Waals surface area contributed by atoms with Crippen molar-refractivity contribution in [2.45, 2.75) is 13.0 Å². The van der Waals surface area contributed by atoms with Crippen molar-refractivity contribution in [1.82, 2.24) is 9.55 Å². The summed E-state index contributed by atoms with van der Waals surface area (Å²) in [4.78, 5) is 4.64. The van der Waals surface area contributed by atoms with Crippen molar-refractivity contribution in [3.05, 3.63) is 39.5 Å². The van der Waals surface area contributed by atoms with E-state index in [2.05, 4.69) is 14.4 Å². The number of halogens is 1. The van der Waals surface area contributed by atoms with Crippen LogP contribution in [-0.2, 0) is 21.2 Å². The van der Waals surface area contributed by atoms with Crippen LogP contribution in [0.4, 0.5) is 0 Å². The maximum atomic E-state index is 10.8. The third-order valence-electron chi connectivity index (χ3n) is 3.75. The van der Waals surface area contributed by atoms with Crippen LogP contribution in [0.15, 0.2) is 34.1 Å². The molecule has 1 aromatic carbocycles. The topological polar surface area (TPSA) is 93.8 Å². The van der Waals surface area contributed by atoms with Gasteiger partial charge in [0, 0.05) is 29.5 Å². The molecule has 0 spiro atoms. The summed E-state index contributed by atoms with van der Waals surface area (Å²) in [5.74, 6) is 0.801. The normalized spacial score (nSPS) is 16.0. The Balaban J connectivity index is 1.94. The summed E-state index contributed by atoms with van der Waals surface area (Å²) in [5.41, 5.74) is 3.48. The molecule has 4 rings (SSSR count). The van der Waals surface area contributed by atoms with Crippen molar-refractivity contribution in [3.63, 3.8) is 0 Å². The van der Waals surface area contributed by atoms with Crippen molar-refractivity contribution in [3.8, 4) is 11.4 Å². The van der Waals surface area contributed by atoms with Crippen LogP contribution in [0, 0.1) is 0 Å². The molecule has 1 aliphatic heterocycles. The molecule has 0 fully saturated rings. The highest BCUT2D eigenvalue weighted by Gasteiger charge is 2.25. The van der Waals surface area contributed by atoms with Crippen LogP contribution >= 0.6 is 22.9 Å². The molecule has 0 aliphatic carbocycles. The Morgan fingerprint density at radius 3 is 2.92 bits per heavy atom. The molecule has 10 heteroatoms. The lowest BCUT2D eigenvalue weighted by atomic mass is 10.0. The quantitative estimate of drug-likeness (QED) is 0.553. The first-order valence-corrected chi connectivity index (χ1v) is 9.57. The third-order valence-corrected chi connectivity index (χ3v) is 5.00. The Kier molecular flexibility index (Phi) is 3.61. The second-order valence-electron chi connectivity index (χ2n) is 5.18. The average molecular weight is 384 g/mol. The van der Waals surface area contributed by atoms with E-state index in [0.29, 0.717) is 34.8 Å². The van der Waals surface area contributed by atoms with E-state index in [4.69, 9.17) is 16.2 Å². The lowest BCUT2D eigenvalue weighted by Crippen LogP contribution is -2.17. The Morgan fingerprint density at radius 2 is 2.21 bits per heavy atom. The number of thiophene rings is 1. The summed E-state index contributed by atoms with van der Waals surface area (Å²) < 4.78 is 36.5. The predicted molar refractivity (Wildman–Crippen MR) is 91.8 cm³/mol. The summed E-state index contributed by atoms with van der Waals surface area (Å²) in [6.45, 7) is 0.544. The minimum absolute atomic E-state index is 0.415. The average Bonchev–Trinajstić information content (AvgIpc) is 3.16. The zero-order valence-corrected chi connectivity index (χ0v) is 14.4. The summed E-state index contributed by atoms with van der Waals surface area (Å²) in [7, 11) is -4.64. The van der Waals surface area contributed by atoms with Crippen molar-refractivity contribution >= 4 is 50.1 Å². The molecule has 1 N–H and O–H groups in total. The highest BCUT2D eigenvalue weighted by Crippen LogP contribution is 2.35. The van der Waals surface area contributed by atoms with Gasteiger partial charge >= 0.3 is 10.4 Å². The third kappa shape index (κ3) is 2.59. The molecule has 0 saturated heterocycles. The fourth-order valence-corrected chi connectivity index (χ4v) is 3.82. The summed E-state index contributed by atoms with van der Waals surface area (Å²) in [6.07, 6.45) is 0.437. The molecule has 0 bridgehead atoms. The van der Waals surface area contributed by atoms with Crippen LogP contribution in [0.25, 0.3) is 22.4 Å². The predicted octanol–water partition coefficient (Wildman–Crippen LogP) is 3.35. The van der Waals surface area contributed by atoms with Gasteiger partial charge in [0.15, 0.2) is 0 Å². The van der Waals surface area contributed by atoms with Gasteiger partial charge in [-0.15, -0.1) is 0 Å². The largest absolute Gasteiger partial charge is 0.466 e. The maximum absolute atomic E-state index is 10.8. The Morgan fingerprint density at radius 1 is 1.38 bits per heavy atom. The molecule has 2 aromatic heterocycles. The van der Waals surface area contributed by atoms with Crippen LogP contribution in [0.2, 0.25) is 5.02 Å². The Labute approximate surface area is 146 Å². The van der Waals surface area contributed by atoms with Gasteiger partial charge in [-0.1, -0.05) is 16.8 Å². The van der Waals surface area contributed by atoms with Gasteiger partial charge in [0.1, 0.15) is 11.3 Å². The molecule has 0 amide bonds. The first-order valence-electron chi connectivity index (χ1n) is 6.88. The first-order chi connectivity index (χ1) is 11.4. The number of hydrogen-bond acceptors (Lipinski definition) is 6. The number of imidazole rings is 1. The zero-order chi connectivity index (χ0) is 16.9. The minimum Gasteiger partial charge on any atom is -0.323 e. The maximum Gasteiger partial charge on any atom is 0.466 e. The standard InChI is InChI=1S/C14H10ClN3O4S2/c15-10-2-1-9-11(17-22-24(19,20)21)3-5-18-13(9)12(10)16-14(18)8-4-6-23-7-8/h1-2,4,6-7H,3,5H2,(H,19,20,21)/b17-11-. The smallest absolute Gasteiger partial charge is 0.323 e. The summed E-state index contributed by atoms with van der Waals surface area (Å²) in [6, 6.07) is 5.40. The lowest BCUT2D eigenvalue weighted by molar-refractivity contribution is 0.281. The molecule has 7 nitrogen and oxygen atoms in total. The number of rotatable bonds is 3. The summed E-state index contributed by atoms with van der Waals surface area (Å²) >= 11 is 7.85. The van der Waals surface area contributed by atoms with E-state index in [-0.39, 0.29) is 0 Å². The number of oxime groups is 1. The molecular formula is C14H10ClN3O4S2. The molecule has 124 valence electrons. The molecule has 1 aliphatic rings. The number of hydrogen-bond donors (Lipinski definition) is 1. The van der Waals surface area contributed by atoms with Gasteiger partial charge in [0.05, 0.1) is 16.3 Å². The number of aryl methyl sites for hydroxylation is 1. The van der Waals surface area contributed by atoms with Crippen LogP contribution < -0.4 is 0 Å². The van der Waals surface area contributed by atoms with Crippen molar-refractivity contribution in [2.75, 3.05) is 0 Å². The van der Waals surface area contributed by atoms with E-state index in [1.165, 1.54) is 0 Å². The zero-order valence-electron chi connectivity index (χ0n) is 12.0. The van der Waals surface area contributed by atoms with E-state index in [9.17, 15) is 8.42 Å². The van der Waals surface area contributed by atoms with Crippen molar-refractivity contribution in [2.24, 2.45) is 5.16 Å². The molecule has 0 radical (unpaired) electrons. The van der Waals surface area contributed by atoms with Gasteiger partial charge in [0.25, 0.3) is 0 Å². The molecular weight excluding hydrogens is 374 g/mol. The minimum atomic E-state index is -4.64. The molecule has 24 heavy (non-hydrogen) atoms. The van der Waals surface area contributed by atoms with E-state index in [0.717, 1.165) is 16.9 Å². The lowest BCUT2D eigenvalue weighted by Gasteiger charge is -2.18. The van der Waals surface area contributed by atoms with Crippen LogP contribution in [0.5, 0.6) is 0 Å². The van der Waals surface area contributed by atoms with Gasteiger partial charge in [0.2, 0.25) is 0 Å². The highest BCUT2D eigenvalue weighted by molar-refractivity contribution is 7.80. The van der Waals surface area contributed by atoms with Gasteiger partial charge < -0.3 is 4.57 Å². The van der Waals surface area contributed by atoms with Crippen LogP contribution in [0.3, 0.4) is 0 Å². The highest BCUT2D eigenvalue weighted by atomic mass is 35.5. The number of nitrogens with zero attached hydrogens (tertiary/aromatic N) is 3. The molecule has 0 unspecified atom stereocenters. The van der Waals surface area contributed by atoms with E-state index in [1.54, 1.807) is 23.5 Å². The van der Waals surface area contributed by atoms with Gasteiger partial charge in [-0.3, -0.25) is 4.55 Å². The molecule has 3 heterocycles. The monoisotopic (exact) mass is 383 g/mol. The van der Waals surface area contributed by atoms with Gasteiger partial charge in [-0.05, 0) is 23.6 Å². The first kappa shape index (κ1) is 15.6. The van der Waals surface area contributed by atoms with Crippen molar-refractivity contribution < 1.29 is 17.3 Å². The van der Waals surface area contributed by atoms with E-state index in [1.807, 2.05) is 21.4 Å². The van der Waals surface area contributed by atoms with E-state index >= 15 is 0 Å². The number of benzene rings is 1. The SMILES string of the molecule is O=S(=O)(O)O/N=C1/CCn2c(-c3ccsc3)nc3c(Cl)ccc1c32. The second kappa shape index (κ2) is 5.55. The van der Waals surface area contributed by atoms with E-state index < -0.39 is 10.4 Å². The van der Waals surface area contributed by atoms with Crippen molar-refractivity contribution in [1.29, 1.82) is 0 Å². The van der Waals surface area contributed by atoms with Crippen LogP contribution in [0.1, 0.15) is 12.0 Å². The number of aromatic nitrogens is 2. The van der Waals surface area contributed by atoms with Crippen LogP contribution in [-0.4, -0.2) is 28.2 Å². The van der Waals surface area contributed by atoms with Gasteiger partial charge in [-0.25, -0.2) is 9.27 Å².